The highest BCUT2D eigenvalue weighted by molar-refractivity contribution is 8.06. The normalized spacial score (nSPS) is 30.8. The molecule has 2 unspecified atom stereocenters. The Hall–Kier alpha value is -1.27. The van der Waals surface area contributed by atoms with E-state index >= 15 is 0 Å². The molecule has 0 spiro atoms. The standard InChI is InChI=1S/C13H16FN3OS/c1-2-19(18)13-15-12-10(14)8-11(17(12)16-13)9-6-4-3-5-7-9/h3-7,10-12H,2,8H2,1H3,(H,15,16)/t10-,11-,12?,19?/m0/s1. The van der Waals surface area contributed by atoms with Gasteiger partial charge in [0.15, 0.2) is 6.17 Å². The molecular weight excluding hydrogens is 265 g/mol. The van der Waals surface area contributed by atoms with Gasteiger partial charge in [-0.1, -0.05) is 30.3 Å². The molecule has 3 rings (SSSR count). The van der Waals surface area contributed by atoms with Gasteiger partial charge in [-0.2, -0.15) is 0 Å². The number of alkyl halides is 1. The lowest BCUT2D eigenvalue weighted by atomic mass is 10.1. The summed E-state index contributed by atoms with van der Waals surface area (Å²) in [6.45, 7) is 1.82. The minimum Gasteiger partial charge on any atom is -0.609 e. The van der Waals surface area contributed by atoms with Gasteiger partial charge in [0.25, 0.3) is 0 Å². The minimum absolute atomic E-state index is 0.0833. The Morgan fingerprint density at radius 3 is 2.89 bits per heavy atom. The molecule has 2 heterocycles. The van der Waals surface area contributed by atoms with Gasteiger partial charge >= 0.3 is 5.17 Å². The summed E-state index contributed by atoms with van der Waals surface area (Å²) in [6, 6.07) is 9.68. The van der Waals surface area contributed by atoms with Crippen LogP contribution in [0.2, 0.25) is 0 Å². The monoisotopic (exact) mass is 281 g/mol. The maximum absolute atomic E-state index is 14.1. The van der Waals surface area contributed by atoms with Crippen molar-refractivity contribution in [2.75, 3.05) is 5.75 Å². The Morgan fingerprint density at radius 2 is 2.21 bits per heavy atom. The van der Waals surface area contributed by atoms with Gasteiger partial charge in [0.2, 0.25) is 0 Å². The van der Waals surface area contributed by atoms with Gasteiger partial charge in [-0.3, -0.25) is 5.01 Å². The van der Waals surface area contributed by atoms with E-state index in [2.05, 4.69) is 10.4 Å². The van der Waals surface area contributed by atoms with Crippen LogP contribution >= 0.6 is 0 Å². The average Bonchev–Trinajstić information content (AvgIpc) is 3.00. The Bertz CT molecular complexity index is 484. The maximum atomic E-state index is 14.1. The van der Waals surface area contributed by atoms with Gasteiger partial charge in [-0.25, -0.2) is 4.39 Å². The van der Waals surface area contributed by atoms with E-state index in [1.165, 1.54) is 0 Å². The molecule has 2 aliphatic heterocycles. The van der Waals surface area contributed by atoms with Crippen LogP contribution in [0.4, 0.5) is 4.39 Å². The SMILES string of the molecule is CC[S+]([O-])C1=NN2C(N1)[C@@H](F)C[C@H]2c1ccccc1. The highest BCUT2D eigenvalue weighted by Gasteiger charge is 2.48. The molecule has 1 fully saturated rings. The van der Waals surface area contributed by atoms with Crippen LogP contribution in [0.1, 0.15) is 24.9 Å². The Labute approximate surface area is 114 Å². The number of nitrogens with one attached hydrogen (secondary N) is 1. The number of amidine groups is 1. The van der Waals surface area contributed by atoms with Gasteiger partial charge in [0, 0.05) is 17.6 Å². The van der Waals surface area contributed by atoms with Crippen LogP contribution in [-0.4, -0.2) is 32.8 Å². The number of fused-ring (bicyclic) bond motifs is 1. The molecule has 4 nitrogen and oxygen atoms in total. The third-order valence-corrected chi connectivity index (χ3v) is 4.69. The van der Waals surface area contributed by atoms with Crippen molar-refractivity contribution in [3.8, 4) is 0 Å². The van der Waals surface area contributed by atoms with E-state index in [0.29, 0.717) is 17.3 Å². The first-order chi connectivity index (χ1) is 9.20. The molecule has 1 aromatic carbocycles. The lowest BCUT2D eigenvalue weighted by molar-refractivity contribution is 0.180. The first kappa shape index (κ1) is 12.7. The second-order valence-electron chi connectivity index (χ2n) is 4.69. The fraction of sp³-hybridized carbons (Fsp3) is 0.462. The van der Waals surface area contributed by atoms with Crippen molar-refractivity contribution in [1.82, 2.24) is 10.3 Å². The van der Waals surface area contributed by atoms with E-state index < -0.39 is 23.5 Å². The highest BCUT2D eigenvalue weighted by Crippen LogP contribution is 2.39. The number of halogens is 1. The van der Waals surface area contributed by atoms with E-state index in [-0.39, 0.29) is 6.04 Å². The van der Waals surface area contributed by atoms with Crippen LogP contribution in [0.15, 0.2) is 35.4 Å². The molecule has 0 amide bonds. The van der Waals surface area contributed by atoms with Gasteiger partial charge < -0.3 is 9.87 Å². The van der Waals surface area contributed by atoms with Crippen LogP contribution in [0.5, 0.6) is 0 Å². The van der Waals surface area contributed by atoms with E-state index in [1.807, 2.05) is 37.3 Å². The summed E-state index contributed by atoms with van der Waals surface area (Å²) in [7, 11) is 0. The van der Waals surface area contributed by atoms with Crippen LogP contribution < -0.4 is 5.32 Å². The quantitative estimate of drug-likeness (QED) is 0.840. The molecule has 1 aromatic rings. The first-order valence-corrected chi connectivity index (χ1v) is 7.73. The summed E-state index contributed by atoms with van der Waals surface area (Å²) in [6.07, 6.45) is -1.06. The van der Waals surface area contributed by atoms with Gasteiger partial charge in [-0.05, 0) is 12.5 Å². The molecule has 102 valence electrons. The molecule has 6 heteroatoms. The number of benzene rings is 1. The summed E-state index contributed by atoms with van der Waals surface area (Å²) in [5, 5.41) is 9.41. The predicted octanol–water partition coefficient (Wildman–Crippen LogP) is 1.74. The van der Waals surface area contributed by atoms with Crippen molar-refractivity contribution < 1.29 is 8.94 Å². The molecule has 1 N–H and O–H groups in total. The Kier molecular flexibility index (Phi) is 3.36. The zero-order valence-corrected chi connectivity index (χ0v) is 11.4. The molecule has 19 heavy (non-hydrogen) atoms. The van der Waals surface area contributed by atoms with Gasteiger partial charge in [0.1, 0.15) is 11.9 Å². The van der Waals surface area contributed by atoms with E-state index in [0.717, 1.165) is 5.56 Å². The van der Waals surface area contributed by atoms with E-state index in [9.17, 15) is 8.94 Å². The molecule has 0 aliphatic carbocycles. The lowest BCUT2D eigenvalue weighted by Crippen LogP contribution is -2.41. The maximum Gasteiger partial charge on any atom is 0.334 e. The summed E-state index contributed by atoms with van der Waals surface area (Å²) in [5.41, 5.74) is 1.04. The van der Waals surface area contributed by atoms with Gasteiger partial charge in [-0.15, -0.1) is 5.10 Å². The van der Waals surface area contributed by atoms with Crippen molar-refractivity contribution in [2.24, 2.45) is 5.10 Å². The molecule has 1 saturated heterocycles. The number of rotatable bonds is 2. The largest absolute Gasteiger partial charge is 0.609 e. The van der Waals surface area contributed by atoms with Crippen LogP contribution in [0, 0.1) is 0 Å². The van der Waals surface area contributed by atoms with Crippen molar-refractivity contribution in [2.45, 2.75) is 31.7 Å². The molecule has 0 bridgehead atoms. The fourth-order valence-electron chi connectivity index (χ4n) is 2.57. The van der Waals surface area contributed by atoms with Crippen LogP contribution in [0.3, 0.4) is 0 Å². The molecule has 0 aromatic heterocycles. The fourth-order valence-corrected chi connectivity index (χ4v) is 3.28. The summed E-state index contributed by atoms with van der Waals surface area (Å²) < 4.78 is 25.8. The molecule has 0 saturated carbocycles. The van der Waals surface area contributed by atoms with E-state index in [1.54, 1.807) is 5.01 Å². The Morgan fingerprint density at radius 1 is 1.47 bits per heavy atom. The third kappa shape index (κ3) is 2.19. The van der Waals surface area contributed by atoms with E-state index in [4.69, 9.17) is 0 Å². The average molecular weight is 281 g/mol. The molecule has 4 atom stereocenters. The van der Waals surface area contributed by atoms with Gasteiger partial charge in [0.05, 0.1) is 6.04 Å². The predicted molar refractivity (Wildman–Crippen MR) is 73.6 cm³/mol. The smallest absolute Gasteiger partial charge is 0.334 e. The van der Waals surface area contributed by atoms with Crippen LogP contribution in [-0.2, 0) is 11.2 Å². The van der Waals surface area contributed by atoms with Crippen molar-refractivity contribution in [3.05, 3.63) is 35.9 Å². The first-order valence-electron chi connectivity index (χ1n) is 6.41. The summed E-state index contributed by atoms with van der Waals surface area (Å²) >= 11 is -1.17. The van der Waals surface area contributed by atoms with Crippen molar-refractivity contribution in [3.63, 3.8) is 0 Å². The molecule has 2 aliphatic rings. The van der Waals surface area contributed by atoms with Crippen LogP contribution in [0.25, 0.3) is 0 Å². The number of hydrogen-bond acceptors (Lipinski definition) is 4. The number of nitrogens with zero attached hydrogens (tertiary/aromatic N) is 2. The zero-order valence-electron chi connectivity index (χ0n) is 10.6. The summed E-state index contributed by atoms with van der Waals surface area (Å²) in [5.74, 6) is 0.485. The third-order valence-electron chi connectivity index (χ3n) is 3.54. The Balaban J connectivity index is 1.87. The summed E-state index contributed by atoms with van der Waals surface area (Å²) in [4.78, 5) is 0. The lowest BCUT2D eigenvalue weighted by Gasteiger charge is -2.20. The second kappa shape index (κ2) is 5.02. The van der Waals surface area contributed by atoms with Crippen molar-refractivity contribution >= 4 is 16.3 Å². The second-order valence-corrected chi connectivity index (χ2v) is 6.34. The highest BCUT2D eigenvalue weighted by atomic mass is 32.2. The number of hydrogen-bond donors (Lipinski definition) is 1. The van der Waals surface area contributed by atoms with Crippen molar-refractivity contribution in [1.29, 1.82) is 0 Å². The molecule has 0 radical (unpaired) electrons. The minimum atomic E-state index is -1.17. The molecular formula is C13H16FN3OS. The topological polar surface area (TPSA) is 50.7 Å². The zero-order chi connectivity index (χ0) is 13.4. The number of hydrazone groups is 1.